The second-order valence-corrected chi connectivity index (χ2v) is 6.95. The van der Waals surface area contributed by atoms with Crippen molar-refractivity contribution in [2.24, 2.45) is 7.05 Å². The number of nitrogens with one attached hydrogen (secondary N) is 1. The number of ether oxygens (including phenoxy) is 2. The molecule has 150 valence electrons. The van der Waals surface area contributed by atoms with Gasteiger partial charge in [-0.3, -0.25) is 5.41 Å². The Hall–Kier alpha value is -3.48. The van der Waals surface area contributed by atoms with E-state index in [1.54, 1.807) is 12.0 Å². The minimum Gasteiger partial charge on any atom is -0.509 e. The van der Waals surface area contributed by atoms with Crippen LogP contribution in [0.5, 0.6) is 11.5 Å². The predicted octanol–water partition coefficient (Wildman–Crippen LogP) is 4.14. The second kappa shape index (κ2) is 7.50. The number of aliphatic hydroxyl groups is 1. The average molecular weight is 392 g/mol. The molecule has 0 saturated carbocycles. The fourth-order valence-corrected chi connectivity index (χ4v) is 3.53. The van der Waals surface area contributed by atoms with Crippen LogP contribution in [-0.4, -0.2) is 40.8 Å². The number of aliphatic hydroxyl groups excluding tert-OH is 1. The smallest absolute Gasteiger partial charge is 0.148 e. The quantitative estimate of drug-likeness (QED) is 0.659. The molecule has 1 aromatic heterocycles. The molecule has 29 heavy (non-hydrogen) atoms. The molecule has 0 bridgehead atoms. The van der Waals surface area contributed by atoms with Gasteiger partial charge < -0.3 is 24.0 Å². The number of imidazole rings is 1. The zero-order valence-electron chi connectivity index (χ0n) is 16.8. The van der Waals surface area contributed by atoms with Crippen molar-refractivity contribution >= 4 is 28.1 Å². The summed E-state index contributed by atoms with van der Waals surface area (Å²) in [5, 5.41) is 19.4. The first-order valence-electron chi connectivity index (χ1n) is 9.55. The Labute approximate surface area is 169 Å². The van der Waals surface area contributed by atoms with E-state index in [0.717, 1.165) is 28.9 Å². The number of nitrogens with zero attached hydrogens (tertiary/aromatic N) is 3. The minimum absolute atomic E-state index is 0.125. The summed E-state index contributed by atoms with van der Waals surface area (Å²) in [6.07, 6.45) is 0.924. The molecule has 7 heteroatoms. The lowest BCUT2D eigenvalue weighted by molar-refractivity contribution is 0.317. The zero-order valence-corrected chi connectivity index (χ0v) is 16.8. The average Bonchev–Trinajstić information content (AvgIpc) is 3.21. The standard InChI is InChI=1S/C22H24N4O3/c1-4-10-29-16-7-5-6-14(11-16)26-13-19(27)20(21(26)23)22-24-17-12-15(28-3)8-9-18(17)25(22)2/h5-9,11-12,23,27H,4,10,13H2,1-3H3. The number of hydrogen-bond donors (Lipinski definition) is 2. The number of methoxy groups -OCH3 is 1. The van der Waals surface area contributed by atoms with E-state index in [-0.39, 0.29) is 18.1 Å². The molecule has 0 spiro atoms. The second-order valence-electron chi connectivity index (χ2n) is 6.95. The van der Waals surface area contributed by atoms with Gasteiger partial charge in [0.05, 0.1) is 36.9 Å². The van der Waals surface area contributed by atoms with E-state index in [9.17, 15) is 5.11 Å². The van der Waals surface area contributed by atoms with Crippen LogP contribution in [0.3, 0.4) is 0 Å². The summed E-state index contributed by atoms with van der Waals surface area (Å²) in [6, 6.07) is 13.2. The highest BCUT2D eigenvalue weighted by Crippen LogP contribution is 2.33. The number of aryl methyl sites for hydroxylation is 1. The molecule has 0 saturated heterocycles. The summed E-state index contributed by atoms with van der Waals surface area (Å²) >= 11 is 0. The monoisotopic (exact) mass is 392 g/mol. The minimum atomic E-state index is 0.125. The highest BCUT2D eigenvalue weighted by atomic mass is 16.5. The van der Waals surface area contributed by atoms with E-state index in [0.29, 0.717) is 23.8 Å². The Morgan fingerprint density at radius 2 is 2.00 bits per heavy atom. The molecule has 0 fully saturated rings. The van der Waals surface area contributed by atoms with Crippen molar-refractivity contribution in [3.05, 3.63) is 54.0 Å². The summed E-state index contributed by atoms with van der Waals surface area (Å²) in [4.78, 5) is 6.42. The lowest BCUT2D eigenvalue weighted by Gasteiger charge is -2.19. The molecule has 0 radical (unpaired) electrons. The van der Waals surface area contributed by atoms with Crippen molar-refractivity contribution in [2.75, 3.05) is 25.2 Å². The SMILES string of the molecule is CCCOc1cccc(N2CC(O)=C(c3nc4cc(OC)ccc4n3C)C2=N)c1. The molecule has 0 unspecified atom stereocenters. The van der Waals surface area contributed by atoms with Crippen molar-refractivity contribution in [2.45, 2.75) is 13.3 Å². The molecule has 3 aromatic rings. The molecule has 2 aromatic carbocycles. The molecule has 1 aliphatic rings. The Morgan fingerprint density at radius 3 is 2.76 bits per heavy atom. The first-order chi connectivity index (χ1) is 14.0. The number of hydrogen-bond acceptors (Lipinski definition) is 5. The largest absolute Gasteiger partial charge is 0.509 e. The van der Waals surface area contributed by atoms with Crippen LogP contribution in [0, 0.1) is 5.41 Å². The molecule has 7 nitrogen and oxygen atoms in total. The van der Waals surface area contributed by atoms with Crippen LogP contribution >= 0.6 is 0 Å². The molecule has 0 aliphatic carbocycles. The van der Waals surface area contributed by atoms with Gasteiger partial charge in [0, 0.05) is 24.9 Å². The highest BCUT2D eigenvalue weighted by Gasteiger charge is 2.32. The number of amidine groups is 1. The maximum atomic E-state index is 10.7. The zero-order chi connectivity index (χ0) is 20.5. The van der Waals surface area contributed by atoms with Crippen molar-refractivity contribution in [1.82, 2.24) is 9.55 Å². The molecule has 4 rings (SSSR count). The summed E-state index contributed by atoms with van der Waals surface area (Å²) in [6.45, 7) is 2.91. The van der Waals surface area contributed by atoms with E-state index >= 15 is 0 Å². The Balaban J connectivity index is 1.68. The Bertz CT molecular complexity index is 1120. The number of benzene rings is 2. The van der Waals surface area contributed by atoms with Gasteiger partial charge in [0.1, 0.15) is 28.9 Å². The summed E-state index contributed by atoms with van der Waals surface area (Å²) in [5.74, 6) is 2.35. The van der Waals surface area contributed by atoms with Crippen molar-refractivity contribution in [3.8, 4) is 11.5 Å². The van der Waals surface area contributed by atoms with Crippen molar-refractivity contribution in [1.29, 1.82) is 5.41 Å². The number of rotatable bonds is 6. The van der Waals surface area contributed by atoms with E-state index < -0.39 is 0 Å². The van der Waals surface area contributed by atoms with E-state index in [4.69, 9.17) is 14.9 Å². The third-order valence-electron chi connectivity index (χ3n) is 5.02. The van der Waals surface area contributed by atoms with Crippen LogP contribution in [0.15, 0.2) is 48.2 Å². The van der Waals surface area contributed by atoms with Crippen LogP contribution in [0.4, 0.5) is 5.69 Å². The molecular formula is C22H24N4O3. The van der Waals surface area contributed by atoms with Crippen LogP contribution in [-0.2, 0) is 7.05 Å². The van der Waals surface area contributed by atoms with Gasteiger partial charge in [-0.05, 0) is 30.7 Å². The number of fused-ring (bicyclic) bond motifs is 1. The van der Waals surface area contributed by atoms with Crippen LogP contribution < -0.4 is 14.4 Å². The van der Waals surface area contributed by atoms with E-state index in [1.165, 1.54) is 0 Å². The van der Waals surface area contributed by atoms with Gasteiger partial charge in [-0.1, -0.05) is 13.0 Å². The third kappa shape index (κ3) is 3.29. The first kappa shape index (κ1) is 18.9. The Morgan fingerprint density at radius 1 is 1.17 bits per heavy atom. The fourth-order valence-electron chi connectivity index (χ4n) is 3.53. The van der Waals surface area contributed by atoms with Gasteiger partial charge in [-0.25, -0.2) is 4.98 Å². The third-order valence-corrected chi connectivity index (χ3v) is 5.02. The summed E-state index contributed by atoms with van der Waals surface area (Å²) in [5.41, 5.74) is 2.89. The molecule has 0 amide bonds. The number of aromatic nitrogens is 2. The maximum Gasteiger partial charge on any atom is 0.148 e. The topological polar surface area (TPSA) is 83.6 Å². The lowest BCUT2D eigenvalue weighted by Crippen LogP contribution is -2.26. The first-order valence-corrected chi connectivity index (χ1v) is 9.55. The predicted molar refractivity (Wildman–Crippen MR) is 114 cm³/mol. The summed E-state index contributed by atoms with van der Waals surface area (Å²) < 4.78 is 12.9. The fraction of sp³-hybridized carbons (Fsp3) is 0.273. The van der Waals surface area contributed by atoms with Crippen LogP contribution in [0.2, 0.25) is 0 Å². The molecular weight excluding hydrogens is 368 g/mol. The normalized spacial score (nSPS) is 14.2. The van der Waals surface area contributed by atoms with Gasteiger partial charge in [-0.2, -0.15) is 0 Å². The van der Waals surface area contributed by atoms with Gasteiger partial charge in [0.2, 0.25) is 0 Å². The van der Waals surface area contributed by atoms with Crippen LogP contribution in [0.25, 0.3) is 16.6 Å². The number of anilines is 1. The maximum absolute atomic E-state index is 10.7. The highest BCUT2D eigenvalue weighted by molar-refractivity contribution is 6.30. The molecule has 1 aliphatic heterocycles. The van der Waals surface area contributed by atoms with Gasteiger partial charge in [0.15, 0.2) is 0 Å². The molecule has 2 N–H and O–H groups in total. The Kier molecular flexibility index (Phi) is 4.88. The van der Waals surface area contributed by atoms with Crippen LogP contribution in [0.1, 0.15) is 19.2 Å². The molecule has 2 heterocycles. The van der Waals surface area contributed by atoms with Crippen molar-refractivity contribution < 1.29 is 14.6 Å². The summed E-state index contributed by atoms with van der Waals surface area (Å²) in [7, 11) is 3.49. The van der Waals surface area contributed by atoms with Crippen molar-refractivity contribution in [3.63, 3.8) is 0 Å². The van der Waals surface area contributed by atoms with E-state index in [2.05, 4.69) is 11.9 Å². The van der Waals surface area contributed by atoms with E-state index in [1.807, 2.05) is 54.1 Å². The lowest BCUT2D eigenvalue weighted by atomic mass is 10.2. The molecule has 0 atom stereocenters. The van der Waals surface area contributed by atoms with Gasteiger partial charge in [-0.15, -0.1) is 0 Å². The van der Waals surface area contributed by atoms with Gasteiger partial charge in [0.25, 0.3) is 0 Å². The van der Waals surface area contributed by atoms with Gasteiger partial charge >= 0.3 is 0 Å².